The Bertz CT molecular complexity index is 1110. The number of halogens is 1. The smallest absolute Gasteiger partial charge is 0.344 e. The highest BCUT2D eigenvalue weighted by atomic mass is 19.1. The molecule has 0 bridgehead atoms. The zero-order chi connectivity index (χ0) is 22.5. The molecule has 32 heavy (non-hydrogen) atoms. The van der Waals surface area contributed by atoms with Crippen molar-refractivity contribution < 1.29 is 8.81 Å². The normalized spacial score (nSPS) is 19.1. The van der Waals surface area contributed by atoms with Gasteiger partial charge in [-0.3, -0.25) is 0 Å². The topological polar surface area (TPSA) is 30.2 Å². The van der Waals surface area contributed by atoms with Gasteiger partial charge in [-0.2, -0.15) is 0 Å². The SMILES string of the molecule is CCCCCCCCCC1CCC(c2ccc3c(c2)c(=O)oc2c(F)c(C)ccc23)CC1. The van der Waals surface area contributed by atoms with Crippen molar-refractivity contribution in [1.29, 1.82) is 0 Å². The molecule has 1 aliphatic carbocycles. The van der Waals surface area contributed by atoms with Gasteiger partial charge in [0.05, 0.1) is 5.39 Å². The molecule has 0 saturated heterocycles. The Hall–Kier alpha value is -2.16. The third kappa shape index (κ3) is 5.08. The average Bonchev–Trinajstić information content (AvgIpc) is 2.81. The highest BCUT2D eigenvalue weighted by molar-refractivity contribution is 6.04. The molecule has 2 aromatic carbocycles. The molecule has 1 saturated carbocycles. The summed E-state index contributed by atoms with van der Waals surface area (Å²) in [5.41, 5.74) is 1.35. The summed E-state index contributed by atoms with van der Waals surface area (Å²) in [4.78, 5) is 12.6. The van der Waals surface area contributed by atoms with E-state index in [0.29, 0.717) is 22.3 Å². The third-order valence-electron chi connectivity index (χ3n) is 7.57. The molecule has 0 N–H and O–H groups in total. The Morgan fingerprint density at radius 3 is 2.31 bits per heavy atom. The fraction of sp³-hybridized carbons (Fsp3) is 0.552. The zero-order valence-electron chi connectivity index (χ0n) is 19.7. The maximum atomic E-state index is 14.5. The third-order valence-corrected chi connectivity index (χ3v) is 7.57. The summed E-state index contributed by atoms with van der Waals surface area (Å²) in [5, 5.41) is 2.03. The number of benzene rings is 2. The molecule has 0 atom stereocenters. The molecule has 2 nitrogen and oxygen atoms in total. The van der Waals surface area contributed by atoms with Crippen LogP contribution >= 0.6 is 0 Å². The van der Waals surface area contributed by atoms with E-state index < -0.39 is 11.4 Å². The quantitative estimate of drug-likeness (QED) is 0.190. The van der Waals surface area contributed by atoms with E-state index in [9.17, 15) is 9.18 Å². The molecule has 0 spiro atoms. The summed E-state index contributed by atoms with van der Waals surface area (Å²) in [5.74, 6) is 0.932. The number of aryl methyl sites for hydroxylation is 1. The molecule has 4 rings (SSSR count). The van der Waals surface area contributed by atoms with Gasteiger partial charge in [-0.1, -0.05) is 82.6 Å². The first-order valence-electron chi connectivity index (χ1n) is 12.7. The van der Waals surface area contributed by atoms with Crippen LogP contribution in [0.2, 0.25) is 0 Å². The van der Waals surface area contributed by atoms with E-state index in [0.717, 1.165) is 11.3 Å². The van der Waals surface area contributed by atoms with Crippen LogP contribution < -0.4 is 5.63 Å². The van der Waals surface area contributed by atoms with Gasteiger partial charge < -0.3 is 4.42 Å². The molecular weight excluding hydrogens is 399 g/mol. The van der Waals surface area contributed by atoms with Gasteiger partial charge in [-0.25, -0.2) is 9.18 Å². The van der Waals surface area contributed by atoms with Crippen LogP contribution in [0.5, 0.6) is 0 Å². The Morgan fingerprint density at radius 1 is 0.875 bits per heavy atom. The van der Waals surface area contributed by atoms with Crippen molar-refractivity contribution in [3.8, 4) is 0 Å². The standard InChI is InChI=1S/C29H37FO2/c1-3-4-5-6-7-8-9-10-21-12-14-22(15-13-21)23-16-18-24-25-17-11-20(2)27(30)28(25)32-29(31)26(24)19-23/h11,16-19,21-22H,3-10,12-15H2,1-2H3. The summed E-state index contributed by atoms with van der Waals surface area (Å²) < 4.78 is 19.9. The first-order valence-corrected chi connectivity index (χ1v) is 12.7. The number of hydrogen-bond donors (Lipinski definition) is 0. The molecule has 3 aromatic rings. The fourth-order valence-corrected chi connectivity index (χ4v) is 5.51. The molecule has 1 aliphatic rings. The lowest BCUT2D eigenvalue weighted by atomic mass is 9.76. The predicted molar refractivity (Wildman–Crippen MR) is 132 cm³/mol. The van der Waals surface area contributed by atoms with E-state index in [1.54, 1.807) is 13.0 Å². The van der Waals surface area contributed by atoms with Crippen molar-refractivity contribution in [3.63, 3.8) is 0 Å². The molecule has 3 heteroatoms. The minimum atomic E-state index is -0.440. The molecule has 0 radical (unpaired) electrons. The molecular formula is C29H37FO2. The van der Waals surface area contributed by atoms with Crippen molar-refractivity contribution >= 4 is 21.7 Å². The first kappa shape index (κ1) is 23.0. The van der Waals surface area contributed by atoms with E-state index in [-0.39, 0.29) is 5.58 Å². The second kappa shape index (κ2) is 10.6. The second-order valence-electron chi connectivity index (χ2n) is 9.90. The lowest BCUT2D eigenvalue weighted by Crippen LogP contribution is -2.14. The highest BCUT2D eigenvalue weighted by Crippen LogP contribution is 2.39. The van der Waals surface area contributed by atoms with Crippen molar-refractivity contribution in [2.24, 2.45) is 5.92 Å². The van der Waals surface area contributed by atoms with Crippen LogP contribution in [0.15, 0.2) is 39.5 Å². The minimum absolute atomic E-state index is 0.0705. The van der Waals surface area contributed by atoms with Crippen LogP contribution in [-0.2, 0) is 0 Å². The lowest BCUT2D eigenvalue weighted by Gasteiger charge is -2.29. The van der Waals surface area contributed by atoms with E-state index in [1.807, 2.05) is 18.2 Å². The summed E-state index contributed by atoms with van der Waals surface area (Å²) >= 11 is 0. The van der Waals surface area contributed by atoms with E-state index in [4.69, 9.17) is 4.42 Å². The number of hydrogen-bond acceptors (Lipinski definition) is 2. The number of rotatable bonds is 9. The molecule has 172 valence electrons. The van der Waals surface area contributed by atoms with Gasteiger partial charge in [-0.05, 0) is 61.6 Å². The molecule has 0 unspecified atom stereocenters. The number of unbranched alkanes of at least 4 members (excludes halogenated alkanes) is 6. The largest absolute Gasteiger partial charge is 0.419 e. The van der Waals surface area contributed by atoms with Crippen LogP contribution in [0, 0.1) is 18.7 Å². The van der Waals surface area contributed by atoms with Crippen LogP contribution in [0.1, 0.15) is 101 Å². The van der Waals surface area contributed by atoms with Crippen molar-refractivity contribution in [1.82, 2.24) is 0 Å². The maximum absolute atomic E-state index is 14.5. The predicted octanol–water partition coefficient (Wildman–Crippen LogP) is 8.81. The maximum Gasteiger partial charge on any atom is 0.344 e. The van der Waals surface area contributed by atoms with Gasteiger partial charge in [0, 0.05) is 10.8 Å². The van der Waals surface area contributed by atoms with Gasteiger partial charge >= 0.3 is 5.63 Å². The van der Waals surface area contributed by atoms with Gasteiger partial charge in [0.15, 0.2) is 11.4 Å². The molecule has 0 aliphatic heterocycles. The van der Waals surface area contributed by atoms with Crippen LogP contribution in [0.4, 0.5) is 4.39 Å². The van der Waals surface area contributed by atoms with E-state index in [1.165, 1.54) is 82.6 Å². The second-order valence-corrected chi connectivity index (χ2v) is 9.90. The van der Waals surface area contributed by atoms with E-state index in [2.05, 4.69) is 13.0 Å². The Morgan fingerprint density at radius 2 is 1.56 bits per heavy atom. The molecule has 0 amide bonds. The summed E-state index contributed by atoms with van der Waals surface area (Å²) in [6, 6.07) is 9.73. The van der Waals surface area contributed by atoms with Gasteiger partial charge in [-0.15, -0.1) is 0 Å². The van der Waals surface area contributed by atoms with Gasteiger partial charge in [0.25, 0.3) is 0 Å². The van der Waals surface area contributed by atoms with Crippen molar-refractivity contribution in [3.05, 3.63) is 57.7 Å². The van der Waals surface area contributed by atoms with Crippen molar-refractivity contribution in [2.45, 2.75) is 96.8 Å². The molecule has 1 aromatic heterocycles. The lowest BCUT2D eigenvalue weighted by molar-refractivity contribution is 0.302. The average molecular weight is 437 g/mol. The molecule has 1 heterocycles. The van der Waals surface area contributed by atoms with Crippen molar-refractivity contribution in [2.75, 3.05) is 0 Å². The fourth-order valence-electron chi connectivity index (χ4n) is 5.51. The van der Waals surface area contributed by atoms with Crippen LogP contribution in [-0.4, -0.2) is 0 Å². The monoisotopic (exact) mass is 436 g/mol. The van der Waals surface area contributed by atoms with Gasteiger partial charge in [0.2, 0.25) is 0 Å². The first-order chi connectivity index (χ1) is 15.6. The zero-order valence-corrected chi connectivity index (χ0v) is 19.7. The van der Waals surface area contributed by atoms with Crippen LogP contribution in [0.25, 0.3) is 21.7 Å². The summed E-state index contributed by atoms with van der Waals surface area (Å²) in [6.45, 7) is 3.96. The van der Waals surface area contributed by atoms with Crippen LogP contribution in [0.3, 0.4) is 0 Å². The van der Waals surface area contributed by atoms with E-state index >= 15 is 0 Å². The Balaban J connectivity index is 1.38. The Kier molecular flexibility index (Phi) is 7.65. The highest BCUT2D eigenvalue weighted by Gasteiger charge is 2.23. The number of fused-ring (bicyclic) bond motifs is 3. The molecule has 1 fully saturated rings. The van der Waals surface area contributed by atoms with Gasteiger partial charge in [0.1, 0.15) is 0 Å². The minimum Gasteiger partial charge on any atom is -0.419 e. The summed E-state index contributed by atoms with van der Waals surface area (Å²) in [6.07, 6.45) is 16.0. The Labute approximate surface area is 191 Å². The summed E-state index contributed by atoms with van der Waals surface area (Å²) in [7, 11) is 0.